The van der Waals surface area contributed by atoms with Crippen LogP contribution >= 0.6 is 0 Å². The fourth-order valence-corrected chi connectivity index (χ4v) is 1.18. The van der Waals surface area contributed by atoms with Gasteiger partial charge >= 0.3 is 0 Å². The Morgan fingerprint density at radius 1 is 1.22 bits per heavy atom. The van der Waals surface area contributed by atoms with Crippen LogP contribution in [-0.4, -0.2) is 27.8 Å². The molecule has 0 unspecified atom stereocenters. The summed E-state index contributed by atoms with van der Waals surface area (Å²) in [6.07, 6.45) is 0. The lowest BCUT2D eigenvalue weighted by atomic mass is 10.1. The zero-order valence-electron chi connectivity index (χ0n) is 9.31. The van der Waals surface area contributed by atoms with Crippen molar-refractivity contribution < 1.29 is 9.85 Å². The molecule has 0 aliphatic carbocycles. The first-order valence-electron chi connectivity index (χ1n) is 4.58. The molecule has 1 aromatic carbocycles. The Labute approximate surface area is 101 Å². The number of rotatable bonds is 4. The van der Waals surface area contributed by atoms with Crippen LogP contribution in [-0.2, 0) is 0 Å². The van der Waals surface area contributed by atoms with Crippen molar-refractivity contribution >= 4 is 17.2 Å². The summed E-state index contributed by atoms with van der Waals surface area (Å²) < 4.78 is 0. The minimum Gasteiger partial charge on any atom is -0.382 e. The molecular weight excluding hydrogens is 244 g/mol. The molecule has 1 aromatic rings. The highest BCUT2D eigenvalue weighted by Gasteiger charge is 2.17. The maximum Gasteiger partial charge on any atom is 0.277 e. The Kier molecular flexibility index (Phi) is 3.74. The quantitative estimate of drug-likeness (QED) is 0.250. The standard InChI is InChI=1S/C8H10N6O4/c1-12(10)11-8(9)5-2-6(13(15)16)4-7(3-5)14(17)18/h2-4H,10H2,1H3,(H2,9,11). The number of nitrogens with zero attached hydrogens (tertiary/aromatic N) is 4. The topological polar surface area (TPSA) is 154 Å². The Bertz CT molecular complexity index is 494. The van der Waals surface area contributed by atoms with Crippen molar-refractivity contribution in [2.45, 2.75) is 0 Å². The lowest BCUT2D eigenvalue weighted by molar-refractivity contribution is -0.394. The Morgan fingerprint density at radius 2 is 1.67 bits per heavy atom. The maximum atomic E-state index is 10.6. The van der Waals surface area contributed by atoms with Gasteiger partial charge in [0.25, 0.3) is 11.4 Å². The lowest BCUT2D eigenvalue weighted by Crippen LogP contribution is -2.25. The molecule has 0 spiro atoms. The summed E-state index contributed by atoms with van der Waals surface area (Å²) in [7, 11) is 1.39. The summed E-state index contributed by atoms with van der Waals surface area (Å²) >= 11 is 0. The summed E-state index contributed by atoms with van der Waals surface area (Å²) in [5.41, 5.74) is 4.67. The van der Waals surface area contributed by atoms with Crippen molar-refractivity contribution in [3.05, 3.63) is 44.0 Å². The van der Waals surface area contributed by atoms with Gasteiger partial charge in [0.1, 0.15) is 0 Å². The number of nitro groups is 2. The second kappa shape index (κ2) is 5.05. The Morgan fingerprint density at radius 3 is 2.00 bits per heavy atom. The fraction of sp³-hybridized carbons (Fsp3) is 0.125. The van der Waals surface area contributed by atoms with Gasteiger partial charge < -0.3 is 5.73 Å². The number of amidine groups is 1. The van der Waals surface area contributed by atoms with E-state index in [0.29, 0.717) is 0 Å². The first-order valence-corrected chi connectivity index (χ1v) is 4.58. The lowest BCUT2D eigenvalue weighted by Gasteiger charge is -2.06. The molecule has 96 valence electrons. The molecule has 0 radical (unpaired) electrons. The molecule has 18 heavy (non-hydrogen) atoms. The van der Waals surface area contributed by atoms with Crippen LogP contribution < -0.4 is 11.6 Å². The van der Waals surface area contributed by atoms with Crippen molar-refractivity contribution in [1.29, 1.82) is 0 Å². The van der Waals surface area contributed by atoms with Crippen LogP contribution in [0, 0.1) is 20.2 Å². The van der Waals surface area contributed by atoms with Crippen LogP contribution in [0.5, 0.6) is 0 Å². The predicted molar refractivity (Wildman–Crippen MR) is 62.4 cm³/mol. The third-order valence-corrected chi connectivity index (χ3v) is 1.89. The normalized spacial score (nSPS) is 11.1. The number of hydrogen-bond acceptors (Lipinski definition) is 7. The number of hydrogen-bond donors (Lipinski definition) is 2. The summed E-state index contributed by atoms with van der Waals surface area (Å²) in [4.78, 5) is 19.8. The molecule has 0 heterocycles. The smallest absolute Gasteiger partial charge is 0.277 e. The molecule has 0 atom stereocenters. The number of benzene rings is 1. The maximum absolute atomic E-state index is 10.6. The van der Waals surface area contributed by atoms with Gasteiger partial charge in [-0.3, -0.25) is 20.2 Å². The second-order valence-corrected chi connectivity index (χ2v) is 3.31. The van der Waals surface area contributed by atoms with Gasteiger partial charge in [-0.15, -0.1) is 5.10 Å². The Hall–Kier alpha value is -2.75. The van der Waals surface area contributed by atoms with Gasteiger partial charge in [-0.05, 0) is 0 Å². The zero-order chi connectivity index (χ0) is 13.9. The van der Waals surface area contributed by atoms with E-state index < -0.39 is 21.2 Å². The van der Waals surface area contributed by atoms with Gasteiger partial charge in [0, 0.05) is 24.7 Å². The van der Waals surface area contributed by atoms with Crippen LogP contribution in [0.1, 0.15) is 5.56 Å². The second-order valence-electron chi connectivity index (χ2n) is 3.31. The highest BCUT2D eigenvalue weighted by Crippen LogP contribution is 2.22. The minimum atomic E-state index is -0.754. The van der Waals surface area contributed by atoms with Crippen molar-refractivity contribution in [3.63, 3.8) is 0 Å². The van der Waals surface area contributed by atoms with Crippen LogP contribution in [0.3, 0.4) is 0 Å². The Balaban J connectivity index is 3.36. The number of nitrogens with two attached hydrogens (primary N) is 2. The average Bonchev–Trinajstić information content (AvgIpc) is 2.27. The molecule has 10 heteroatoms. The van der Waals surface area contributed by atoms with E-state index in [0.717, 1.165) is 23.3 Å². The third kappa shape index (κ3) is 3.12. The fourth-order valence-electron chi connectivity index (χ4n) is 1.18. The van der Waals surface area contributed by atoms with Crippen molar-refractivity contribution in [2.24, 2.45) is 16.7 Å². The van der Waals surface area contributed by atoms with Crippen LogP contribution in [0.2, 0.25) is 0 Å². The molecule has 0 aromatic heterocycles. The monoisotopic (exact) mass is 254 g/mol. The molecule has 0 aliphatic rings. The summed E-state index contributed by atoms with van der Waals surface area (Å²) in [6, 6.07) is 2.99. The predicted octanol–water partition coefficient (Wildman–Crippen LogP) is -0.0712. The molecule has 0 bridgehead atoms. The van der Waals surface area contributed by atoms with Gasteiger partial charge in [0.2, 0.25) is 0 Å². The number of hydrazone groups is 1. The largest absolute Gasteiger partial charge is 0.382 e. The van der Waals surface area contributed by atoms with E-state index in [4.69, 9.17) is 11.6 Å². The van der Waals surface area contributed by atoms with Crippen molar-refractivity contribution in [3.8, 4) is 0 Å². The molecule has 0 aliphatic heterocycles. The van der Waals surface area contributed by atoms with E-state index >= 15 is 0 Å². The molecule has 1 rings (SSSR count). The third-order valence-electron chi connectivity index (χ3n) is 1.89. The summed E-state index contributed by atoms with van der Waals surface area (Å²) in [6.45, 7) is 0. The number of hydrazine groups is 1. The van der Waals surface area contributed by atoms with E-state index in [1.54, 1.807) is 0 Å². The molecule has 10 nitrogen and oxygen atoms in total. The first-order chi connectivity index (χ1) is 8.31. The highest BCUT2D eigenvalue weighted by molar-refractivity contribution is 5.98. The van der Waals surface area contributed by atoms with Crippen LogP contribution in [0.25, 0.3) is 0 Å². The van der Waals surface area contributed by atoms with Crippen LogP contribution in [0.15, 0.2) is 23.3 Å². The zero-order valence-corrected chi connectivity index (χ0v) is 9.31. The van der Waals surface area contributed by atoms with Gasteiger partial charge in [0.15, 0.2) is 5.84 Å². The first kappa shape index (κ1) is 13.3. The number of nitro benzene ring substituents is 2. The summed E-state index contributed by atoms with van der Waals surface area (Å²) in [5, 5.41) is 25.8. The van der Waals surface area contributed by atoms with Gasteiger partial charge in [-0.2, -0.15) is 0 Å². The van der Waals surface area contributed by atoms with E-state index in [1.165, 1.54) is 7.05 Å². The van der Waals surface area contributed by atoms with Crippen molar-refractivity contribution in [1.82, 2.24) is 5.12 Å². The van der Waals surface area contributed by atoms with E-state index in [2.05, 4.69) is 5.10 Å². The molecular formula is C8H10N6O4. The number of non-ortho nitro benzene ring substituents is 2. The molecule has 4 N–H and O–H groups in total. The minimum absolute atomic E-state index is 0.0493. The van der Waals surface area contributed by atoms with Crippen LogP contribution in [0.4, 0.5) is 11.4 Å². The van der Waals surface area contributed by atoms with Gasteiger partial charge in [-0.1, -0.05) is 0 Å². The molecule has 0 fully saturated rings. The SMILES string of the molecule is CN(N)/N=C(\N)c1cc([N+](=O)[O-])cc([N+](=O)[O-])c1. The summed E-state index contributed by atoms with van der Waals surface area (Å²) in [5.74, 6) is 5.06. The average molecular weight is 254 g/mol. The van der Waals surface area contributed by atoms with E-state index in [9.17, 15) is 20.2 Å². The highest BCUT2D eigenvalue weighted by atomic mass is 16.6. The van der Waals surface area contributed by atoms with Gasteiger partial charge in [-0.25, -0.2) is 11.0 Å². The molecule has 0 saturated carbocycles. The van der Waals surface area contributed by atoms with Crippen molar-refractivity contribution in [2.75, 3.05) is 7.05 Å². The molecule has 0 amide bonds. The van der Waals surface area contributed by atoms with Gasteiger partial charge in [0.05, 0.1) is 15.9 Å². The van der Waals surface area contributed by atoms with E-state index in [-0.39, 0.29) is 11.4 Å². The van der Waals surface area contributed by atoms with E-state index in [1.807, 2.05) is 0 Å². The molecule has 0 saturated heterocycles.